The van der Waals surface area contributed by atoms with Crippen molar-refractivity contribution < 1.29 is 0 Å². The fraction of sp³-hybridized carbons (Fsp3) is 0.583. The van der Waals surface area contributed by atoms with Gasteiger partial charge in [-0.25, -0.2) is 4.98 Å². The molecule has 0 radical (unpaired) electrons. The molecule has 0 aliphatic heterocycles. The zero-order chi connectivity index (χ0) is 11.4. The summed E-state index contributed by atoms with van der Waals surface area (Å²) in [5.41, 5.74) is 7.22. The van der Waals surface area contributed by atoms with Gasteiger partial charge in [0, 0.05) is 24.8 Å². The van der Waals surface area contributed by atoms with Crippen molar-refractivity contribution in [1.82, 2.24) is 10.3 Å². The number of rotatable bonds is 3. The molecule has 1 aromatic rings. The molecule has 0 amide bonds. The quantitative estimate of drug-likeness (QED) is 0.795. The molecule has 0 bridgehead atoms. The van der Waals surface area contributed by atoms with Gasteiger partial charge in [0.2, 0.25) is 0 Å². The SMILES string of the molecule is NC1CCCCC1NCc1ccc(Cl)nc1. The van der Waals surface area contributed by atoms with E-state index in [1.165, 1.54) is 19.3 Å². The minimum atomic E-state index is 0.300. The van der Waals surface area contributed by atoms with Crippen LogP contribution in [-0.2, 0) is 6.54 Å². The molecule has 1 saturated carbocycles. The van der Waals surface area contributed by atoms with Gasteiger partial charge in [-0.2, -0.15) is 0 Å². The molecule has 2 rings (SSSR count). The Morgan fingerprint density at radius 1 is 1.38 bits per heavy atom. The van der Waals surface area contributed by atoms with Crippen LogP contribution in [0.4, 0.5) is 0 Å². The van der Waals surface area contributed by atoms with Gasteiger partial charge in [0.1, 0.15) is 5.15 Å². The summed E-state index contributed by atoms with van der Waals surface area (Å²) in [6.07, 6.45) is 6.68. The Hall–Kier alpha value is -0.640. The summed E-state index contributed by atoms with van der Waals surface area (Å²) in [5, 5.41) is 4.04. The zero-order valence-electron chi connectivity index (χ0n) is 9.32. The van der Waals surface area contributed by atoms with Crippen molar-refractivity contribution >= 4 is 11.6 Å². The normalized spacial score (nSPS) is 25.6. The molecule has 1 aromatic heterocycles. The highest BCUT2D eigenvalue weighted by molar-refractivity contribution is 6.29. The van der Waals surface area contributed by atoms with E-state index in [0.29, 0.717) is 17.2 Å². The van der Waals surface area contributed by atoms with Crippen LogP contribution in [0.25, 0.3) is 0 Å². The molecule has 2 unspecified atom stereocenters. The van der Waals surface area contributed by atoms with E-state index in [4.69, 9.17) is 17.3 Å². The molecule has 1 aliphatic rings. The summed E-state index contributed by atoms with van der Waals surface area (Å²) in [6, 6.07) is 4.56. The predicted octanol–water partition coefficient (Wildman–Crippen LogP) is 2.09. The molecule has 0 spiro atoms. The van der Waals surface area contributed by atoms with Crippen LogP contribution in [0.1, 0.15) is 31.2 Å². The largest absolute Gasteiger partial charge is 0.326 e. The van der Waals surface area contributed by atoms with E-state index in [1.807, 2.05) is 18.3 Å². The molecule has 3 nitrogen and oxygen atoms in total. The third-order valence-corrected chi connectivity index (χ3v) is 3.40. The van der Waals surface area contributed by atoms with Crippen LogP contribution in [-0.4, -0.2) is 17.1 Å². The molecule has 0 aromatic carbocycles. The highest BCUT2D eigenvalue weighted by Gasteiger charge is 2.20. The minimum absolute atomic E-state index is 0.300. The predicted molar refractivity (Wildman–Crippen MR) is 66.3 cm³/mol. The average Bonchev–Trinajstić information content (AvgIpc) is 2.30. The van der Waals surface area contributed by atoms with Gasteiger partial charge in [0.05, 0.1) is 0 Å². The second-order valence-electron chi connectivity index (χ2n) is 4.42. The van der Waals surface area contributed by atoms with Crippen LogP contribution < -0.4 is 11.1 Å². The number of hydrogen-bond acceptors (Lipinski definition) is 3. The lowest BCUT2D eigenvalue weighted by Crippen LogP contribution is -2.46. The first-order valence-electron chi connectivity index (χ1n) is 5.85. The summed E-state index contributed by atoms with van der Waals surface area (Å²) in [4.78, 5) is 4.06. The average molecular weight is 240 g/mol. The lowest BCUT2D eigenvalue weighted by molar-refractivity contribution is 0.326. The van der Waals surface area contributed by atoms with E-state index in [9.17, 15) is 0 Å². The van der Waals surface area contributed by atoms with Crippen molar-refractivity contribution in [2.45, 2.75) is 44.3 Å². The summed E-state index contributed by atoms with van der Waals surface area (Å²) < 4.78 is 0. The molecule has 16 heavy (non-hydrogen) atoms. The maximum absolute atomic E-state index is 6.07. The maximum Gasteiger partial charge on any atom is 0.129 e. The molecule has 1 fully saturated rings. The molecule has 1 aliphatic carbocycles. The first-order valence-corrected chi connectivity index (χ1v) is 6.23. The Labute approximate surface area is 101 Å². The molecular formula is C12H18ClN3. The van der Waals surface area contributed by atoms with E-state index < -0.39 is 0 Å². The monoisotopic (exact) mass is 239 g/mol. The van der Waals surface area contributed by atoms with Crippen LogP contribution in [0.5, 0.6) is 0 Å². The van der Waals surface area contributed by atoms with Gasteiger partial charge in [0.15, 0.2) is 0 Å². The second kappa shape index (κ2) is 5.62. The molecular weight excluding hydrogens is 222 g/mol. The van der Waals surface area contributed by atoms with Crippen molar-refractivity contribution in [3.05, 3.63) is 29.0 Å². The molecule has 4 heteroatoms. The van der Waals surface area contributed by atoms with Gasteiger partial charge in [-0.1, -0.05) is 30.5 Å². The van der Waals surface area contributed by atoms with Gasteiger partial charge < -0.3 is 11.1 Å². The van der Waals surface area contributed by atoms with Gasteiger partial charge >= 0.3 is 0 Å². The number of nitrogens with zero attached hydrogens (tertiary/aromatic N) is 1. The van der Waals surface area contributed by atoms with Crippen molar-refractivity contribution in [3.8, 4) is 0 Å². The standard InChI is InChI=1S/C12H18ClN3/c13-12-6-5-9(8-16-12)7-15-11-4-2-1-3-10(11)14/h5-6,8,10-11,15H,1-4,7,14H2. The summed E-state index contributed by atoms with van der Waals surface area (Å²) in [7, 11) is 0. The lowest BCUT2D eigenvalue weighted by Gasteiger charge is -2.29. The fourth-order valence-corrected chi connectivity index (χ4v) is 2.28. The fourth-order valence-electron chi connectivity index (χ4n) is 2.17. The topological polar surface area (TPSA) is 50.9 Å². The highest BCUT2D eigenvalue weighted by atomic mass is 35.5. The first-order chi connectivity index (χ1) is 7.75. The third-order valence-electron chi connectivity index (χ3n) is 3.18. The molecule has 88 valence electrons. The summed E-state index contributed by atoms with van der Waals surface area (Å²) >= 11 is 5.73. The van der Waals surface area contributed by atoms with Crippen molar-refractivity contribution in [3.63, 3.8) is 0 Å². The van der Waals surface area contributed by atoms with Gasteiger partial charge in [-0.3, -0.25) is 0 Å². The third kappa shape index (κ3) is 3.17. The number of aromatic nitrogens is 1. The molecule has 2 atom stereocenters. The van der Waals surface area contributed by atoms with Gasteiger partial charge in [0.25, 0.3) is 0 Å². The van der Waals surface area contributed by atoms with E-state index in [2.05, 4.69) is 10.3 Å². The number of nitrogens with two attached hydrogens (primary N) is 1. The number of nitrogens with one attached hydrogen (secondary N) is 1. The van der Waals surface area contributed by atoms with Crippen LogP contribution in [0.15, 0.2) is 18.3 Å². The van der Waals surface area contributed by atoms with Crippen LogP contribution in [0.2, 0.25) is 5.15 Å². The number of pyridine rings is 1. The highest BCUT2D eigenvalue weighted by Crippen LogP contribution is 2.17. The first kappa shape index (κ1) is 11.8. The van der Waals surface area contributed by atoms with Crippen LogP contribution in [0, 0.1) is 0 Å². The molecule has 3 N–H and O–H groups in total. The van der Waals surface area contributed by atoms with Gasteiger partial charge in [-0.15, -0.1) is 0 Å². The van der Waals surface area contributed by atoms with Crippen molar-refractivity contribution in [2.24, 2.45) is 5.73 Å². The van der Waals surface area contributed by atoms with E-state index >= 15 is 0 Å². The van der Waals surface area contributed by atoms with Gasteiger partial charge in [-0.05, 0) is 24.5 Å². The summed E-state index contributed by atoms with van der Waals surface area (Å²) in [6.45, 7) is 0.822. The Balaban J connectivity index is 1.84. The van der Waals surface area contributed by atoms with Crippen molar-refractivity contribution in [2.75, 3.05) is 0 Å². The Bertz CT molecular complexity index is 326. The van der Waals surface area contributed by atoms with E-state index in [1.54, 1.807) is 0 Å². The van der Waals surface area contributed by atoms with Crippen molar-refractivity contribution in [1.29, 1.82) is 0 Å². The van der Waals surface area contributed by atoms with E-state index in [-0.39, 0.29) is 0 Å². The van der Waals surface area contributed by atoms with Crippen LogP contribution >= 0.6 is 11.6 Å². The minimum Gasteiger partial charge on any atom is -0.326 e. The summed E-state index contributed by atoms with van der Waals surface area (Å²) in [5.74, 6) is 0. The maximum atomic E-state index is 6.07. The Morgan fingerprint density at radius 3 is 2.88 bits per heavy atom. The number of halogens is 1. The molecule has 1 heterocycles. The van der Waals surface area contributed by atoms with E-state index in [0.717, 1.165) is 18.5 Å². The Kier molecular flexibility index (Phi) is 4.16. The zero-order valence-corrected chi connectivity index (χ0v) is 10.1. The Morgan fingerprint density at radius 2 is 2.19 bits per heavy atom. The lowest BCUT2D eigenvalue weighted by atomic mass is 9.91. The van der Waals surface area contributed by atoms with Crippen LogP contribution in [0.3, 0.4) is 0 Å². The molecule has 0 saturated heterocycles. The second-order valence-corrected chi connectivity index (χ2v) is 4.81. The smallest absolute Gasteiger partial charge is 0.129 e. The number of hydrogen-bond donors (Lipinski definition) is 2.